The number of aromatic nitrogens is 2. The summed E-state index contributed by atoms with van der Waals surface area (Å²) in [6.07, 6.45) is 0. The highest BCUT2D eigenvalue weighted by Gasteiger charge is 2.14. The monoisotopic (exact) mass is 299 g/mol. The minimum absolute atomic E-state index is 0.579. The van der Waals surface area contributed by atoms with Crippen LogP contribution in [0.1, 0.15) is 5.56 Å². The van der Waals surface area contributed by atoms with Crippen LogP contribution < -0.4 is 4.90 Å². The number of rotatable bonds is 5. The molecule has 0 unspecified atom stereocenters. The molecule has 3 nitrogen and oxygen atoms in total. The van der Waals surface area contributed by atoms with Crippen molar-refractivity contribution in [3.8, 4) is 0 Å². The molecular weight excluding hydrogens is 282 g/mol. The molecule has 0 amide bonds. The van der Waals surface area contributed by atoms with Gasteiger partial charge < -0.3 is 9.47 Å². The van der Waals surface area contributed by atoms with E-state index >= 15 is 0 Å². The fourth-order valence-corrected chi connectivity index (χ4v) is 2.78. The van der Waals surface area contributed by atoms with E-state index in [2.05, 4.69) is 46.8 Å². The zero-order valence-electron chi connectivity index (χ0n) is 12.0. The molecule has 0 saturated heterocycles. The predicted octanol–water partition coefficient (Wildman–Crippen LogP) is 3.82. The summed E-state index contributed by atoms with van der Waals surface area (Å²) >= 11 is 5.98. The lowest BCUT2D eigenvalue weighted by atomic mass is 10.2. The lowest BCUT2D eigenvalue weighted by Crippen LogP contribution is -2.27. The first-order valence-electron chi connectivity index (χ1n) is 7.06. The molecular formula is C17H18ClN3. The minimum Gasteiger partial charge on any atom is -0.337 e. The SMILES string of the molecule is Cn1c(N(CCCl)Cc2ccccc2)nc2ccccc21. The van der Waals surface area contributed by atoms with Gasteiger partial charge in [-0.15, -0.1) is 11.6 Å². The van der Waals surface area contributed by atoms with Gasteiger partial charge in [0.05, 0.1) is 11.0 Å². The molecule has 2 aromatic carbocycles. The predicted molar refractivity (Wildman–Crippen MR) is 88.9 cm³/mol. The standard InChI is InChI=1S/C17H18ClN3/c1-20-16-10-6-5-9-15(16)19-17(20)21(12-11-18)13-14-7-3-2-4-8-14/h2-10H,11-13H2,1H3. The number of anilines is 1. The quantitative estimate of drug-likeness (QED) is 0.668. The Hall–Kier alpha value is -2.00. The number of alkyl halides is 1. The first-order chi connectivity index (χ1) is 10.3. The summed E-state index contributed by atoms with van der Waals surface area (Å²) in [5.41, 5.74) is 3.41. The molecule has 3 aromatic rings. The molecule has 1 aromatic heterocycles. The molecule has 0 saturated carbocycles. The van der Waals surface area contributed by atoms with E-state index in [0.29, 0.717) is 5.88 Å². The number of imidazole rings is 1. The third-order valence-corrected chi connectivity index (χ3v) is 3.79. The minimum atomic E-state index is 0.579. The fourth-order valence-electron chi connectivity index (χ4n) is 2.57. The van der Waals surface area contributed by atoms with Crippen LogP contribution in [0.25, 0.3) is 11.0 Å². The fraction of sp³-hybridized carbons (Fsp3) is 0.235. The van der Waals surface area contributed by atoms with Gasteiger partial charge >= 0.3 is 0 Å². The zero-order chi connectivity index (χ0) is 14.7. The van der Waals surface area contributed by atoms with Crippen molar-refractivity contribution in [1.29, 1.82) is 0 Å². The van der Waals surface area contributed by atoms with Crippen LogP contribution in [0.4, 0.5) is 5.95 Å². The van der Waals surface area contributed by atoms with Crippen LogP contribution in [-0.2, 0) is 13.6 Å². The first kappa shape index (κ1) is 14.0. The van der Waals surface area contributed by atoms with Gasteiger partial charge in [0.1, 0.15) is 0 Å². The maximum atomic E-state index is 5.98. The third kappa shape index (κ3) is 2.88. The largest absolute Gasteiger partial charge is 0.337 e. The van der Waals surface area contributed by atoms with Crippen molar-refractivity contribution < 1.29 is 0 Å². The Morgan fingerprint density at radius 3 is 2.48 bits per heavy atom. The average molecular weight is 300 g/mol. The van der Waals surface area contributed by atoms with Gasteiger partial charge in [0.25, 0.3) is 0 Å². The van der Waals surface area contributed by atoms with Gasteiger partial charge in [0.2, 0.25) is 5.95 Å². The highest BCUT2D eigenvalue weighted by molar-refractivity contribution is 6.18. The van der Waals surface area contributed by atoms with Crippen molar-refractivity contribution >= 4 is 28.6 Å². The molecule has 3 rings (SSSR count). The molecule has 1 heterocycles. The Labute approximate surface area is 129 Å². The molecule has 0 bridgehead atoms. The van der Waals surface area contributed by atoms with Crippen molar-refractivity contribution in [2.45, 2.75) is 6.54 Å². The Morgan fingerprint density at radius 1 is 1.05 bits per heavy atom. The molecule has 0 aliphatic heterocycles. The molecule has 0 aliphatic carbocycles. The number of fused-ring (bicyclic) bond motifs is 1. The maximum Gasteiger partial charge on any atom is 0.206 e. The molecule has 0 fully saturated rings. The number of nitrogens with zero attached hydrogens (tertiary/aromatic N) is 3. The summed E-state index contributed by atoms with van der Waals surface area (Å²) in [4.78, 5) is 6.98. The molecule has 4 heteroatoms. The summed E-state index contributed by atoms with van der Waals surface area (Å²) in [6, 6.07) is 18.6. The number of halogens is 1. The van der Waals surface area contributed by atoms with E-state index in [4.69, 9.17) is 16.6 Å². The highest BCUT2D eigenvalue weighted by Crippen LogP contribution is 2.22. The van der Waals surface area contributed by atoms with E-state index < -0.39 is 0 Å². The van der Waals surface area contributed by atoms with Gasteiger partial charge in [-0.1, -0.05) is 42.5 Å². The van der Waals surface area contributed by atoms with E-state index in [1.165, 1.54) is 5.56 Å². The third-order valence-electron chi connectivity index (χ3n) is 3.62. The first-order valence-corrected chi connectivity index (χ1v) is 7.59. The smallest absolute Gasteiger partial charge is 0.206 e. The van der Waals surface area contributed by atoms with Crippen LogP contribution in [0.3, 0.4) is 0 Å². The van der Waals surface area contributed by atoms with Crippen LogP contribution in [0.5, 0.6) is 0 Å². The average Bonchev–Trinajstić information content (AvgIpc) is 2.85. The summed E-state index contributed by atoms with van der Waals surface area (Å²) in [5.74, 6) is 1.54. The summed E-state index contributed by atoms with van der Waals surface area (Å²) in [7, 11) is 2.05. The second kappa shape index (κ2) is 6.19. The Bertz CT molecular complexity index is 721. The Kier molecular flexibility index (Phi) is 4.11. The van der Waals surface area contributed by atoms with Gasteiger partial charge in [-0.25, -0.2) is 4.98 Å². The van der Waals surface area contributed by atoms with E-state index in [-0.39, 0.29) is 0 Å². The molecule has 0 aliphatic rings. The lowest BCUT2D eigenvalue weighted by molar-refractivity contribution is 0.764. The Morgan fingerprint density at radius 2 is 1.76 bits per heavy atom. The molecule has 0 atom stereocenters. The zero-order valence-corrected chi connectivity index (χ0v) is 12.8. The van der Waals surface area contributed by atoms with Crippen LogP contribution >= 0.6 is 11.6 Å². The van der Waals surface area contributed by atoms with Crippen molar-refractivity contribution in [3.05, 3.63) is 60.2 Å². The number of aryl methyl sites for hydroxylation is 1. The number of hydrogen-bond acceptors (Lipinski definition) is 2. The molecule has 0 radical (unpaired) electrons. The van der Waals surface area contributed by atoms with Crippen molar-refractivity contribution in [1.82, 2.24) is 9.55 Å². The number of benzene rings is 2. The second-order valence-corrected chi connectivity index (χ2v) is 5.43. The number of hydrogen-bond donors (Lipinski definition) is 0. The van der Waals surface area contributed by atoms with Gasteiger partial charge in [-0.05, 0) is 17.7 Å². The van der Waals surface area contributed by atoms with E-state index in [1.807, 2.05) is 24.3 Å². The second-order valence-electron chi connectivity index (χ2n) is 5.06. The van der Waals surface area contributed by atoms with Gasteiger partial charge in [0, 0.05) is 26.0 Å². The summed E-state index contributed by atoms with van der Waals surface area (Å²) in [5, 5.41) is 0. The van der Waals surface area contributed by atoms with Crippen LogP contribution in [0.15, 0.2) is 54.6 Å². The molecule has 108 valence electrons. The van der Waals surface area contributed by atoms with Gasteiger partial charge in [-0.3, -0.25) is 0 Å². The van der Waals surface area contributed by atoms with E-state index in [9.17, 15) is 0 Å². The van der Waals surface area contributed by atoms with Gasteiger partial charge in [0.15, 0.2) is 0 Å². The maximum absolute atomic E-state index is 5.98. The summed E-state index contributed by atoms with van der Waals surface area (Å²) < 4.78 is 2.13. The topological polar surface area (TPSA) is 21.1 Å². The van der Waals surface area contributed by atoms with Gasteiger partial charge in [-0.2, -0.15) is 0 Å². The van der Waals surface area contributed by atoms with Crippen LogP contribution in [0.2, 0.25) is 0 Å². The van der Waals surface area contributed by atoms with Crippen molar-refractivity contribution in [2.75, 3.05) is 17.3 Å². The van der Waals surface area contributed by atoms with Crippen molar-refractivity contribution in [2.24, 2.45) is 7.05 Å². The number of para-hydroxylation sites is 2. The van der Waals surface area contributed by atoms with Crippen LogP contribution in [0, 0.1) is 0 Å². The normalized spacial score (nSPS) is 11.0. The lowest BCUT2D eigenvalue weighted by Gasteiger charge is -2.22. The highest BCUT2D eigenvalue weighted by atomic mass is 35.5. The Balaban J connectivity index is 1.97. The van der Waals surface area contributed by atoms with E-state index in [1.54, 1.807) is 0 Å². The molecule has 0 spiro atoms. The molecule has 21 heavy (non-hydrogen) atoms. The summed E-state index contributed by atoms with van der Waals surface area (Å²) in [6.45, 7) is 1.58. The van der Waals surface area contributed by atoms with Crippen molar-refractivity contribution in [3.63, 3.8) is 0 Å². The van der Waals surface area contributed by atoms with E-state index in [0.717, 1.165) is 30.1 Å². The van der Waals surface area contributed by atoms with Crippen LogP contribution in [-0.4, -0.2) is 22.0 Å². The molecule has 0 N–H and O–H groups in total.